The molecule has 0 unspecified atom stereocenters. The van der Waals surface area contributed by atoms with Gasteiger partial charge in [0.05, 0.1) is 0 Å². The molecule has 19 heavy (non-hydrogen) atoms. The van der Waals surface area contributed by atoms with E-state index in [-0.39, 0.29) is 11.1 Å². The molecule has 0 radical (unpaired) electrons. The first-order chi connectivity index (χ1) is 8.72. The molecule has 2 bridgehead atoms. The molecule has 2 nitrogen and oxygen atoms in total. The molecule has 1 aliphatic heterocycles. The predicted molar refractivity (Wildman–Crippen MR) is 81.4 cm³/mol. The minimum atomic E-state index is 0.272. The van der Waals surface area contributed by atoms with E-state index in [1.54, 1.807) is 0 Å². The van der Waals surface area contributed by atoms with Gasteiger partial charge >= 0.3 is 0 Å². The van der Waals surface area contributed by atoms with Gasteiger partial charge < -0.3 is 5.32 Å². The summed E-state index contributed by atoms with van der Waals surface area (Å²) in [5.41, 5.74) is 1.11. The van der Waals surface area contributed by atoms with Crippen molar-refractivity contribution in [2.75, 3.05) is 7.05 Å². The highest BCUT2D eigenvalue weighted by atomic mass is 15.2. The number of fused-ring (bicyclic) bond motifs is 2. The van der Waals surface area contributed by atoms with E-state index in [4.69, 9.17) is 0 Å². The first kappa shape index (κ1) is 13.9. The fourth-order valence-electron chi connectivity index (χ4n) is 5.59. The lowest BCUT2D eigenvalue weighted by atomic mass is 9.77. The van der Waals surface area contributed by atoms with E-state index in [0.29, 0.717) is 5.54 Å². The van der Waals surface area contributed by atoms with Crippen molar-refractivity contribution >= 4 is 0 Å². The summed E-state index contributed by atoms with van der Waals surface area (Å²) in [7, 11) is 2.43. The molecule has 0 atom stereocenters. The van der Waals surface area contributed by atoms with Gasteiger partial charge in [-0.25, -0.2) is 0 Å². The third-order valence-corrected chi connectivity index (χ3v) is 6.17. The highest BCUT2D eigenvalue weighted by Gasteiger charge is 2.51. The standard InChI is InChI=1S/C17H32N2/c1-15(2)11-14(12-16(3,4)18-15)19(5)17-8-6-13(10-17)7-9-17/h13-14,18H,6-12H2,1-5H3. The van der Waals surface area contributed by atoms with Gasteiger partial charge in [-0.3, -0.25) is 4.90 Å². The van der Waals surface area contributed by atoms with Crippen LogP contribution in [-0.4, -0.2) is 34.6 Å². The highest BCUT2D eigenvalue weighted by Crippen LogP contribution is 2.52. The summed E-state index contributed by atoms with van der Waals surface area (Å²) in [4.78, 5) is 2.81. The molecule has 0 amide bonds. The maximum absolute atomic E-state index is 3.82. The average molecular weight is 264 g/mol. The Labute approximate surface area is 119 Å². The van der Waals surface area contributed by atoms with Gasteiger partial charge in [-0.2, -0.15) is 0 Å². The van der Waals surface area contributed by atoms with Crippen molar-refractivity contribution in [3.05, 3.63) is 0 Å². The van der Waals surface area contributed by atoms with Gasteiger partial charge in [-0.15, -0.1) is 0 Å². The average Bonchev–Trinajstić information content (AvgIpc) is 2.84. The topological polar surface area (TPSA) is 15.3 Å². The zero-order valence-electron chi connectivity index (χ0n) is 13.6. The van der Waals surface area contributed by atoms with Crippen molar-refractivity contribution in [2.24, 2.45) is 5.92 Å². The van der Waals surface area contributed by atoms with Crippen molar-refractivity contribution in [2.45, 2.75) is 95.3 Å². The summed E-state index contributed by atoms with van der Waals surface area (Å²) < 4.78 is 0. The molecule has 1 N–H and O–H groups in total. The minimum absolute atomic E-state index is 0.272. The second-order valence-corrected chi connectivity index (χ2v) is 8.94. The van der Waals surface area contributed by atoms with Crippen LogP contribution in [0.15, 0.2) is 0 Å². The van der Waals surface area contributed by atoms with Crippen LogP contribution in [0.1, 0.15) is 72.6 Å². The quantitative estimate of drug-likeness (QED) is 0.820. The van der Waals surface area contributed by atoms with Crippen LogP contribution in [0.5, 0.6) is 0 Å². The first-order valence-electron chi connectivity index (χ1n) is 8.24. The molecule has 3 fully saturated rings. The van der Waals surface area contributed by atoms with Gasteiger partial charge in [0.25, 0.3) is 0 Å². The molecule has 0 aromatic carbocycles. The lowest BCUT2D eigenvalue weighted by Gasteiger charge is -2.52. The van der Waals surface area contributed by atoms with Crippen molar-refractivity contribution in [3.63, 3.8) is 0 Å². The molecule has 0 aromatic heterocycles. The largest absolute Gasteiger partial charge is 0.307 e. The summed E-state index contributed by atoms with van der Waals surface area (Å²) in [6.07, 6.45) is 9.95. The zero-order chi connectivity index (χ0) is 13.9. The second-order valence-electron chi connectivity index (χ2n) is 8.94. The van der Waals surface area contributed by atoms with Crippen LogP contribution in [0, 0.1) is 5.92 Å². The predicted octanol–water partition coefficient (Wildman–Crippen LogP) is 3.56. The molecular weight excluding hydrogens is 232 g/mol. The van der Waals surface area contributed by atoms with Crippen LogP contribution in [0.4, 0.5) is 0 Å². The van der Waals surface area contributed by atoms with Crippen LogP contribution in [0.25, 0.3) is 0 Å². The Balaban J connectivity index is 1.78. The maximum Gasteiger partial charge on any atom is 0.0212 e. The van der Waals surface area contributed by atoms with Crippen LogP contribution >= 0.6 is 0 Å². The Bertz CT molecular complexity index is 334. The van der Waals surface area contributed by atoms with Crippen LogP contribution < -0.4 is 5.32 Å². The Kier molecular flexibility index (Phi) is 3.07. The number of nitrogens with one attached hydrogen (secondary N) is 1. The van der Waals surface area contributed by atoms with E-state index in [9.17, 15) is 0 Å². The van der Waals surface area contributed by atoms with E-state index >= 15 is 0 Å². The van der Waals surface area contributed by atoms with Crippen molar-refractivity contribution in [1.29, 1.82) is 0 Å². The van der Waals surface area contributed by atoms with Crippen molar-refractivity contribution in [1.82, 2.24) is 10.2 Å². The first-order valence-corrected chi connectivity index (χ1v) is 8.24. The molecule has 2 saturated carbocycles. The SMILES string of the molecule is CN(C1CC(C)(C)NC(C)(C)C1)C12CCC(CC1)C2. The van der Waals surface area contributed by atoms with Gasteiger partial charge in [-0.05, 0) is 85.6 Å². The lowest BCUT2D eigenvalue weighted by Crippen LogP contribution is -2.64. The minimum Gasteiger partial charge on any atom is -0.307 e. The third kappa shape index (κ3) is 2.47. The second kappa shape index (κ2) is 4.21. The molecule has 3 aliphatic rings. The summed E-state index contributed by atoms with van der Waals surface area (Å²) in [6.45, 7) is 9.49. The van der Waals surface area contributed by atoms with Crippen LogP contribution in [-0.2, 0) is 0 Å². The molecule has 110 valence electrons. The monoisotopic (exact) mass is 264 g/mol. The smallest absolute Gasteiger partial charge is 0.0212 e. The van der Waals surface area contributed by atoms with E-state index in [1.165, 1.54) is 44.9 Å². The molecular formula is C17H32N2. The summed E-state index contributed by atoms with van der Waals surface area (Å²) in [5.74, 6) is 1.05. The molecule has 3 rings (SSSR count). The van der Waals surface area contributed by atoms with E-state index in [1.807, 2.05) is 0 Å². The Hall–Kier alpha value is -0.0800. The number of hydrogen-bond donors (Lipinski definition) is 1. The third-order valence-electron chi connectivity index (χ3n) is 6.17. The molecule has 1 saturated heterocycles. The molecule has 1 heterocycles. The van der Waals surface area contributed by atoms with Gasteiger partial charge in [0.15, 0.2) is 0 Å². The Morgan fingerprint density at radius 2 is 1.42 bits per heavy atom. The van der Waals surface area contributed by atoms with E-state index in [0.717, 1.165) is 12.0 Å². The molecule has 2 aliphatic carbocycles. The fourth-order valence-corrected chi connectivity index (χ4v) is 5.59. The molecule has 2 heteroatoms. The number of nitrogens with zero attached hydrogens (tertiary/aromatic N) is 1. The number of piperidine rings is 1. The van der Waals surface area contributed by atoms with Gasteiger partial charge in [0.2, 0.25) is 0 Å². The summed E-state index contributed by atoms with van der Waals surface area (Å²) in [5, 5.41) is 3.82. The Morgan fingerprint density at radius 1 is 0.895 bits per heavy atom. The van der Waals surface area contributed by atoms with Gasteiger partial charge in [0.1, 0.15) is 0 Å². The summed E-state index contributed by atoms with van der Waals surface area (Å²) >= 11 is 0. The number of rotatable bonds is 2. The maximum atomic E-state index is 3.82. The zero-order valence-corrected chi connectivity index (χ0v) is 13.6. The van der Waals surface area contributed by atoms with Crippen LogP contribution in [0.2, 0.25) is 0 Å². The molecule has 0 aromatic rings. The fraction of sp³-hybridized carbons (Fsp3) is 1.00. The number of hydrogen-bond acceptors (Lipinski definition) is 2. The lowest BCUT2D eigenvalue weighted by molar-refractivity contribution is 0.0128. The normalized spacial score (nSPS) is 41.1. The van der Waals surface area contributed by atoms with E-state index in [2.05, 4.69) is 45.0 Å². The van der Waals surface area contributed by atoms with E-state index < -0.39 is 0 Å². The van der Waals surface area contributed by atoms with Gasteiger partial charge in [-0.1, -0.05) is 0 Å². The Morgan fingerprint density at radius 3 is 1.84 bits per heavy atom. The summed E-state index contributed by atoms with van der Waals surface area (Å²) in [6, 6.07) is 0.753. The van der Waals surface area contributed by atoms with Gasteiger partial charge in [0, 0.05) is 22.7 Å². The molecule has 0 spiro atoms. The van der Waals surface area contributed by atoms with Crippen molar-refractivity contribution < 1.29 is 0 Å². The van der Waals surface area contributed by atoms with Crippen LogP contribution in [0.3, 0.4) is 0 Å². The van der Waals surface area contributed by atoms with Crippen molar-refractivity contribution in [3.8, 4) is 0 Å². The highest BCUT2D eigenvalue weighted by molar-refractivity contribution is 5.08.